The van der Waals surface area contributed by atoms with E-state index in [1.54, 1.807) is 0 Å². The van der Waals surface area contributed by atoms with Crippen molar-refractivity contribution in [2.45, 2.75) is 31.2 Å². The number of fused-ring (bicyclic) bond motifs is 1. The van der Waals surface area contributed by atoms with Crippen LogP contribution in [0.3, 0.4) is 0 Å². The van der Waals surface area contributed by atoms with Crippen molar-refractivity contribution in [3.8, 4) is 5.75 Å². The third kappa shape index (κ3) is 3.08. The lowest BCUT2D eigenvalue weighted by molar-refractivity contribution is 0.0851. The van der Waals surface area contributed by atoms with E-state index in [1.807, 2.05) is 25.1 Å². The minimum Gasteiger partial charge on any atom is -0.493 e. The van der Waals surface area contributed by atoms with Gasteiger partial charge in [0.25, 0.3) is 0 Å². The van der Waals surface area contributed by atoms with Gasteiger partial charge in [0.15, 0.2) is 0 Å². The van der Waals surface area contributed by atoms with Gasteiger partial charge in [-0.2, -0.15) is 0 Å². The molecular weight excluding hydrogens is 242 g/mol. The monoisotopic (exact) mass is 265 g/mol. The van der Waals surface area contributed by atoms with Gasteiger partial charge in [-0.3, -0.25) is 0 Å². The zero-order valence-electron chi connectivity index (χ0n) is 11.4. The summed E-state index contributed by atoms with van der Waals surface area (Å²) in [6.07, 6.45) is 1.66. The van der Waals surface area contributed by atoms with Crippen LogP contribution in [0.15, 0.2) is 24.3 Å². The number of ether oxygens (including phenoxy) is 1. The maximum atomic E-state index is 9.45. The molecule has 1 heterocycles. The standard InChI is InChI=1S/C15H23NO3/c1-2-15(10-17,11-18)16-9-12-7-8-19-14-6-4-3-5-13(12)14/h3-6,12,16-18H,2,7-11H2,1H3. The maximum Gasteiger partial charge on any atom is 0.122 e. The molecule has 0 aromatic heterocycles. The molecule has 0 aliphatic carbocycles. The average Bonchev–Trinajstić information content (AvgIpc) is 2.49. The summed E-state index contributed by atoms with van der Waals surface area (Å²) in [4.78, 5) is 0. The summed E-state index contributed by atoms with van der Waals surface area (Å²) in [5.74, 6) is 1.32. The Hall–Kier alpha value is -1.10. The first-order chi connectivity index (χ1) is 9.24. The molecule has 0 radical (unpaired) electrons. The summed E-state index contributed by atoms with van der Waals surface area (Å²) in [7, 11) is 0. The van der Waals surface area contributed by atoms with Gasteiger partial charge in [-0.25, -0.2) is 0 Å². The van der Waals surface area contributed by atoms with Gasteiger partial charge >= 0.3 is 0 Å². The van der Waals surface area contributed by atoms with Gasteiger partial charge in [-0.15, -0.1) is 0 Å². The summed E-state index contributed by atoms with van der Waals surface area (Å²) in [6.45, 7) is 3.34. The molecule has 1 aromatic rings. The van der Waals surface area contributed by atoms with Crippen LogP contribution in [-0.4, -0.2) is 42.1 Å². The van der Waals surface area contributed by atoms with Gasteiger partial charge in [0, 0.05) is 12.5 Å². The van der Waals surface area contributed by atoms with Gasteiger partial charge in [0.2, 0.25) is 0 Å². The van der Waals surface area contributed by atoms with Crippen LogP contribution in [0.2, 0.25) is 0 Å². The third-order valence-corrected chi connectivity index (χ3v) is 4.09. The molecule has 0 saturated heterocycles. The molecular formula is C15H23NO3. The Morgan fingerprint density at radius 3 is 2.74 bits per heavy atom. The number of nitrogens with one attached hydrogen (secondary N) is 1. The number of aliphatic hydroxyl groups is 2. The molecule has 4 heteroatoms. The first kappa shape index (κ1) is 14.3. The fourth-order valence-electron chi connectivity index (χ4n) is 2.48. The minimum atomic E-state index is -0.576. The summed E-state index contributed by atoms with van der Waals surface area (Å²) in [5.41, 5.74) is 0.634. The van der Waals surface area contributed by atoms with Crippen molar-refractivity contribution in [3.05, 3.63) is 29.8 Å². The fraction of sp³-hybridized carbons (Fsp3) is 0.600. The van der Waals surface area contributed by atoms with E-state index >= 15 is 0 Å². The van der Waals surface area contributed by atoms with Crippen LogP contribution in [0.1, 0.15) is 31.2 Å². The normalized spacial score (nSPS) is 18.8. The van der Waals surface area contributed by atoms with E-state index in [2.05, 4.69) is 11.4 Å². The van der Waals surface area contributed by atoms with Crippen LogP contribution in [0.4, 0.5) is 0 Å². The molecule has 2 rings (SSSR count). The number of aliphatic hydroxyl groups excluding tert-OH is 2. The highest BCUT2D eigenvalue weighted by atomic mass is 16.5. The second kappa shape index (κ2) is 6.37. The SMILES string of the molecule is CCC(CO)(CO)NCC1CCOc2ccccc21. The highest BCUT2D eigenvalue weighted by molar-refractivity contribution is 5.37. The zero-order chi connectivity index (χ0) is 13.7. The molecule has 1 aromatic carbocycles. The first-order valence-electron chi connectivity index (χ1n) is 6.93. The van der Waals surface area contributed by atoms with Crippen molar-refractivity contribution in [1.82, 2.24) is 5.32 Å². The second-order valence-corrected chi connectivity index (χ2v) is 5.20. The van der Waals surface area contributed by atoms with Crippen LogP contribution >= 0.6 is 0 Å². The molecule has 4 nitrogen and oxygen atoms in total. The second-order valence-electron chi connectivity index (χ2n) is 5.20. The smallest absolute Gasteiger partial charge is 0.122 e. The topological polar surface area (TPSA) is 61.7 Å². The van der Waals surface area contributed by atoms with E-state index in [0.717, 1.165) is 25.3 Å². The highest BCUT2D eigenvalue weighted by Gasteiger charge is 2.28. The van der Waals surface area contributed by atoms with Crippen LogP contribution in [-0.2, 0) is 0 Å². The van der Waals surface area contributed by atoms with Crippen molar-refractivity contribution in [2.75, 3.05) is 26.4 Å². The van der Waals surface area contributed by atoms with E-state index in [4.69, 9.17) is 4.74 Å². The molecule has 19 heavy (non-hydrogen) atoms. The van der Waals surface area contributed by atoms with Crippen molar-refractivity contribution in [3.63, 3.8) is 0 Å². The lowest BCUT2D eigenvalue weighted by atomic mass is 9.91. The Labute approximate surface area is 114 Å². The van der Waals surface area contributed by atoms with Crippen molar-refractivity contribution in [1.29, 1.82) is 0 Å². The van der Waals surface area contributed by atoms with Gasteiger partial charge < -0.3 is 20.3 Å². The van der Waals surface area contributed by atoms with Gasteiger partial charge in [0.1, 0.15) is 5.75 Å². The Balaban J connectivity index is 2.05. The van der Waals surface area contributed by atoms with Gasteiger partial charge in [-0.1, -0.05) is 25.1 Å². The van der Waals surface area contributed by atoms with Crippen LogP contribution in [0.5, 0.6) is 5.75 Å². The molecule has 1 atom stereocenters. The van der Waals surface area contributed by atoms with E-state index in [1.165, 1.54) is 5.56 Å². The third-order valence-electron chi connectivity index (χ3n) is 4.09. The molecule has 0 fully saturated rings. The van der Waals surface area contributed by atoms with Crippen LogP contribution in [0, 0.1) is 0 Å². The molecule has 0 bridgehead atoms. The minimum absolute atomic E-state index is 0.0507. The van der Waals surface area contributed by atoms with E-state index < -0.39 is 5.54 Å². The van der Waals surface area contributed by atoms with E-state index in [0.29, 0.717) is 12.3 Å². The molecule has 0 saturated carbocycles. The fourth-order valence-corrected chi connectivity index (χ4v) is 2.48. The van der Waals surface area contributed by atoms with Crippen molar-refractivity contribution >= 4 is 0 Å². The Bertz CT molecular complexity index is 396. The van der Waals surface area contributed by atoms with E-state index in [-0.39, 0.29) is 13.2 Å². The summed E-state index contributed by atoms with van der Waals surface area (Å²) >= 11 is 0. The first-order valence-corrected chi connectivity index (χ1v) is 6.93. The maximum absolute atomic E-state index is 9.45. The quantitative estimate of drug-likeness (QED) is 0.725. The number of rotatable bonds is 6. The molecule has 1 unspecified atom stereocenters. The highest BCUT2D eigenvalue weighted by Crippen LogP contribution is 2.33. The summed E-state index contributed by atoms with van der Waals surface area (Å²) in [6, 6.07) is 8.08. The largest absolute Gasteiger partial charge is 0.493 e. The number of para-hydroxylation sites is 1. The molecule has 3 N–H and O–H groups in total. The summed E-state index contributed by atoms with van der Waals surface area (Å²) < 4.78 is 5.64. The van der Waals surface area contributed by atoms with Gasteiger partial charge in [0.05, 0.1) is 25.4 Å². The van der Waals surface area contributed by atoms with Gasteiger partial charge in [-0.05, 0) is 24.5 Å². The Morgan fingerprint density at radius 1 is 1.32 bits per heavy atom. The molecule has 1 aliphatic heterocycles. The summed E-state index contributed by atoms with van der Waals surface area (Å²) in [5, 5.41) is 22.2. The zero-order valence-corrected chi connectivity index (χ0v) is 11.4. The van der Waals surface area contributed by atoms with Crippen LogP contribution < -0.4 is 10.1 Å². The lowest BCUT2D eigenvalue weighted by Gasteiger charge is -2.33. The Morgan fingerprint density at radius 2 is 2.05 bits per heavy atom. The predicted octanol–water partition coefficient (Wildman–Crippen LogP) is 1.28. The van der Waals surface area contributed by atoms with Crippen molar-refractivity contribution < 1.29 is 14.9 Å². The Kier molecular flexibility index (Phi) is 4.80. The molecule has 1 aliphatic rings. The molecule has 0 spiro atoms. The average molecular weight is 265 g/mol. The number of hydrogen-bond acceptors (Lipinski definition) is 4. The predicted molar refractivity (Wildman–Crippen MR) is 74.5 cm³/mol. The number of benzene rings is 1. The lowest BCUT2D eigenvalue weighted by Crippen LogP contribution is -2.52. The van der Waals surface area contributed by atoms with Crippen LogP contribution in [0.25, 0.3) is 0 Å². The van der Waals surface area contributed by atoms with Crippen molar-refractivity contribution in [2.24, 2.45) is 0 Å². The molecule has 0 amide bonds. The number of hydrogen-bond donors (Lipinski definition) is 3. The molecule has 106 valence electrons. The van der Waals surface area contributed by atoms with E-state index in [9.17, 15) is 10.2 Å².